The molecule has 0 bridgehead atoms. The molecule has 0 atom stereocenters. The minimum absolute atomic E-state index is 0.00329. The molecular weight excluding hydrogens is 340 g/mol. The van der Waals surface area contributed by atoms with Gasteiger partial charge in [-0.25, -0.2) is 14.9 Å². The number of ether oxygens (including phenoxy) is 1. The topological polar surface area (TPSA) is 70.4 Å². The first-order chi connectivity index (χ1) is 11.8. The first kappa shape index (κ1) is 18.4. The highest BCUT2D eigenvalue weighted by Crippen LogP contribution is 2.33. The van der Waals surface area contributed by atoms with E-state index < -0.39 is 17.6 Å². The Morgan fingerprint density at radius 2 is 2.08 bits per heavy atom. The SMILES string of the molecule is Cc1ccnc(OC/C(=C/Nc2ccc(F)c(C(F)(F)F)c2)N=N)c1. The molecule has 132 valence electrons. The molecule has 0 saturated heterocycles. The van der Waals surface area contributed by atoms with Gasteiger partial charge in [0.2, 0.25) is 5.88 Å². The van der Waals surface area contributed by atoms with Gasteiger partial charge >= 0.3 is 6.18 Å². The number of nitrogens with one attached hydrogen (secondary N) is 2. The molecule has 9 heteroatoms. The zero-order chi connectivity index (χ0) is 18.4. The largest absolute Gasteiger partial charge is 0.471 e. The number of benzene rings is 1. The third kappa shape index (κ3) is 5.27. The van der Waals surface area contributed by atoms with Crippen LogP contribution in [0.2, 0.25) is 0 Å². The van der Waals surface area contributed by atoms with Crippen molar-refractivity contribution >= 4 is 5.69 Å². The predicted molar refractivity (Wildman–Crippen MR) is 82.7 cm³/mol. The lowest BCUT2D eigenvalue weighted by Crippen LogP contribution is -2.09. The second kappa shape index (κ2) is 7.73. The van der Waals surface area contributed by atoms with Crippen molar-refractivity contribution in [3.63, 3.8) is 0 Å². The summed E-state index contributed by atoms with van der Waals surface area (Å²) in [5.74, 6) is -1.03. The van der Waals surface area contributed by atoms with Crippen molar-refractivity contribution in [1.29, 1.82) is 5.53 Å². The van der Waals surface area contributed by atoms with E-state index in [1.54, 1.807) is 18.3 Å². The van der Waals surface area contributed by atoms with E-state index in [9.17, 15) is 17.6 Å². The Morgan fingerprint density at radius 1 is 1.32 bits per heavy atom. The Morgan fingerprint density at radius 3 is 2.72 bits per heavy atom. The minimum atomic E-state index is -4.80. The molecule has 5 nitrogen and oxygen atoms in total. The smallest absolute Gasteiger partial charge is 0.419 e. The quantitative estimate of drug-likeness (QED) is 0.572. The van der Waals surface area contributed by atoms with Crippen molar-refractivity contribution in [3.8, 4) is 5.88 Å². The highest BCUT2D eigenvalue weighted by molar-refractivity contribution is 5.49. The van der Waals surface area contributed by atoms with Crippen molar-refractivity contribution in [3.05, 3.63) is 65.4 Å². The molecule has 0 radical (unpaired) electrons. The molecule has 0 aliphatic heterocycles. The third-order valence-corrected chi connectivity index (χ3v) is 3.08. The molecule has 2 N–H and O–H groups in total. The number of rotatable bonds is 6. The van der Waals surface area contributed by atoms with Crippen molar-refractivity contribution in [2.75, 3.05) is 11.9 Å². The summed E-state index contributed by atoms with van der Waals surface area (Å²) < 4.78 is 56.6. The van der Waals surface area contributed by atoms with E-state index in [4.69, 9.17) is 10.3 Å². The van der Waals surface area contributed by atoms with E-state index in [1.165, 1.54) is 6.20 Å². The average molecular weight is 354 g/mol. The minimum Gasteiger partial charge on any atom is -0.471 e. The van der Waals surface area contributed by atoms with E-state index in [2.05, 4.69) is 15.4 Å². The second-order valence-corrected chi connectivity index (χ2v) is 5.04. The summed E-state index contributed by atoms with van der Waals surface area (Å²) in [5, 5.41) is 5.77. The zero-order valence-corrected chi connectivity index (χ0v) is 13.1. The van der Waals surface area contributed by atoms with Crippen LogP contribution >= 0.6 is 0 Å². The molecule has 1 heterocycles. The van der Waals surface area contributed by atoms with Crippen molar-refractivity contribution in [1.82, 2.24) is 4.98 Å². The Balaban J connectivity index is 2.07. The van der Waals surface area contributed by atoms with Gasteiger partial charge in [-0.05, 0) is 36.8 Å². The van der Waals surface area contributed by atoms with E-state index in [0.29, 0.717) is 18.0 Å². The third-order valence-electron chi connectivity index (χ3n) is 3.08. The lowest BCUT2D eigenvalue weighted by Gasteiger charge is -2.10. The zero-order valence-electron chi connectivity index (χ0n) is 13.1. The predicted octanol–water partition coefficient (Wildman–Crippen LogP) is 4.91. The Labute approximate surface area is 140 Å². The number of hydrogen-bond donors (Lipinski definition) is 2. The molecule has 0 amide bonds. The van der Waals surface area contributed by atoms with Gasteiger partial charge in [-0.1, -0.05) is 0 Å². The molecule has 25 heavy (non-hydrogen) atoms. The second-order valence-electron chi connectivity index (χ2n) is 5.04. The van der Waals surface area contributed by atoms with Crippen LogP contribution < -0.4 is 10.1 Å². The maximum Gasteiger partial charge on any atom is 0.419 e. The van der Waals surface area contributed by atoms with Crippen LogP contribution in [0.5, 0.6) is 5.88 Å². The van der Waals surface area contributed by atoms with Crippen LogP contribution in [0.3, 0.4) is 0 Å². The monoisotopic (exact) mass is 354 g/mol. The van der Waals surface area contributed by atoms with Crippen LogP contribution in [0.4, 0.5) is 23.2 Å². The van der Waals surface area contributed by atoms with Crippen LogP contribution in [0.25, 0.3) is 0 Å². The van der Waals surface area contributed by atoms with Gasteiger partial charge in [0.25, 0.3) is 0 Å². The fourth-order valence-corrected chi connectivity index (χ4v) is 1.84. The highest BCUT2D eigenvalue weighted by atomic mass is 19.4. The number of aryl methyl sites for hydroxylation is 1. The maximum atomic E-state index is 13.2. The van der Waals surface area contributed by atoms with Crippen LogP contribution in [0.1, 0.15) is 11.1 Å². The van der Waals surface area contributed by atoms with Gasteiger partial charge in [0, 0.05) is 24.2 Å². The lowest BCUT2D eigenvalue weighted by molar-refractivity contribution is -0.139. The molecular formula is C16H14F4N4O. The van der Waals surface area contributed by atoms with Gasteiger partial charge in [0.05, 0.1) is 5.56 Å². The molecule has 0 fully saturated rings. The first-order valence-corrected chi connectivity index (χ1v) is 7.05. The highest BCUT2D eigenvalue weighted by Gasteiger charge is 2.34. The van der Waals surface area contributed by atoms with Crippen molar-refractivity contribution in [2.45, 2.75) is 13.1 Å². The molecule has 2 rings (SSSR count). The Kier molecular flexibility index (Phi) is 5.68. The van der Waals surface area contributed by atoms with Crippen LogP contribution in [-0.4, -0.2) is 11.6 Å². The van der Waals surface area contributed by atoms with E-state index >= 15 is 0 Å². The number of hydrogen-bond acceptors (Lipinski definition) is 5. The lowest BCUT2D eigenvalue weighted by atomic mass is 10.2. The Bertz CT molecular complexity index is 790. The van der Waals surface area contributed by atoms with E-state index in [0.717, 1.165) is 11.6 Å². The van der Waals surface area contributed by atoms with Crippen LogP contribution in [0.15, 0.2) is 53.5 Å². The van der Waals surface area contributed by atoms with Gasteiger partial charge in [-0.3, -0.25) is 0 Å². The van der Waals surface area contributed by atoms with Gasteiger partial charge in [0.15, 0.2) is 0 Å². The molecule has 0 saturated carbocycles. The van der Waals surface area contributed by atoms with E-state index in [-0.39, 0.29) is 18.0 Å². The van der Waals surface area contributed by atoms with Gasteiger partial charge < -0.3 is 10.1 Å². The maximum absolute atomic E-state index is 13.2. The fraction of sp³-hybridized carbons (Fsp3) is 0.188. The summed E-state index contributed by atoms with van der Waals surface area (Å²) in [7, 11) is 0. The standard InChI is InChI=1S/C16H14F4N4O/c1-10-4-5-22-15(6-10)25-9-12(24-21)8-23-11-2-3-14(17)13(7-11)16(18,19)20/h2-8,21,23H,9H2,1H3/b12-8-,24-21?. The number of nitrogens with zero attached hydrogens (tertiary/aromatic N) is 2. The summed E-state index contributed by atoms with van der Waals surface area (Å²) in [6, 6.07) is 5.96. The number of halogens is 4. The van der Waals surface area contributed by atoms with E-state index in [1.807, 2.05) is 6.92 Å². The molecule has 0 aliphatic rings. The molecule has 0 aliphatic carbocycles. The van der Waals surface area contributed by atoms with Crippen LogP contribution in [0, 0.1) is 18.3 Å². The summed E-state index contributed by atoms with van der Waals surface area (Å²) in [6.45, 7) is 1.74. The number of anilines is 1. The number of aromatic nitrogens is 1. The van der Waals surface area contributed by atoms with Gasteiger partial charge in [0.1, 0.15) is 18.1 Å². The number of alkyl halides is 3. The van der Waals surface area contributed by atoms with Crippen molar-refractivity contribution < 1.29 is 22.3 Å². The van der Waals surface area contributed by atoms with Gasteiger partial charge in [-0.2, -0.15) is 18.3 Å². The molecule has 0 spiro atoms. The average Bonchev–Trinajstić information content (AvgIpc) is 2.55. The molecule has 0 unspecified atom stereocenters. The summed E-state index contributed by atoms with van der Waals surface area (Å²) in [4.78, 5) is 3.97. The summed E-state index contributed by atoms with van der Waals surface area (Å²) in [5.41, 5.74) is 6.75. The molecule has 2 aromatic rings. The number of pyridine rings is 1. The molecule has 1 aromatic heterocycles. The Hall–Kier alpha value is -2.97. The summed E-state index contributed by atoms with van der Waals surface area (Å²) >= 11 is 0. The molecule has 1 aromatic carbocycles. The first-order valence-electron chi connectivity index (χ1n) is 7.05. The van der Waals surface area contributed by atoms with Crippen LogP contribution in [-0.2, 0) is 6.18 Å². The fourth-order valence-electron chi connectivity index (χ4n) is 1.84. The normalized spacial score (nSPS) is 12.0. The summed E-state index contributed by atoms with van der Waals surface area (Å²) in [6.07, 6.45) is -2.04. The van der Waals surface area contributed by atoms with Crippen molar-refractivity contribution in [2.24, 2.45) is 5.11 Å². The van der Waals surface area contributed by atoms with Gasteiger partial charge in [-0.15, -0.1) is 0 Å².